The van der Waals surface area contributed by atoms with Crippen LogP contribution in [0.15, 0.2) is 53.1 Å². The number of hydrogen-bond acceptors (Lipinski definition) is 3. The summed E-state index contributed by atoms with van der Waals surface area (Å²) in [6.07, 6.45) is 3.32. The number of amides is 1. The van der Waals surface area contributed by atoms with Crippen molar-refractivity contribution in [3.8, 4) is 0 Å². The molecule has 0 aliphatic rings. The van der Waals surface area contributed by atoms with Gasteiger partial charge in [0, 0.05) is 13.2 Å². The predicted molar refractivity (Wildman–Crippen MR) is 82.5 cm³/mol. The highest BCUT2D eigenvalue weighted by atomic mass is 16.5. The van der Waals surface area contributed by atoms with Gasteiger partial charge in [-0.2, -0.15) is 0 Å². The quantitative estimate of drug-likeness (QED) is 0.830. The third-order valence-electron chi connectivity index (χ3n) is 2.95. The molecule has 0 aliphatic heterocycles. The number of benzene rings is 1. The van der Waals surface area contributed by atoms with E-state index in [1.807, 2.05) is 43.3 Å². The van der Waals surface area contributed by atoms with Crippen LogP contribution >= 0.6 is 0 Å². The van der Waals surface area contributed by atoms with Crippen LogP contribution in [0.1, 0.15) is 18.2 Å². The highest BCUT2D eigenvalue weighted by Gasteiger charge is 2.15. The number of carbonyl (C=O) groups excluding carboxylic acids is 1. The average Bonchev–Trinajstić information content (AvgIpc) is 2.99. The Kier molecular flexibility index (Phi) is 5.35. The molecule has 1 atom stereocenters. The van der Waals surface area contributed by atoms with Gasteiger partial charge in [-0.15, -0.1) is 0 Å². The maximum atomic E-state index is 12.5. The van der Waals surface area contributed by atoms with Crippen LogP contribution in [-0.4, -0.2) is 25.7 Å². The second-order valence-electron chi connectivity index (χ2n) is 4.77. The molecule has 1 amide bonds. The summed E-state index contributed by atoms with van der Waals surface area (Å²) in [5, 5.41) is 2.92. The Labute approximate surface area is 124 Å². The van der Waals surface area contributed by atoms with Gasteiger partial charge in [0.2, 0.25) is 0 Å². The first-order valence-electron chi connectivity index (χ1n) is 6.81. The summed E-state index contributed by atoms with van der Waals surface area (Å²) >= 11 is 0. The second kappa shape index (κ2) is 7.45. The van der Waals surface area contributed by atoms with E-state index in [4.69, 9.17) is 9.15 Å². The smallest absolute Gasteiger partial charge is 0.252 e. The van der Waals surface area contributed by atoms with Crippen molar-refractivity contribution in [1.82, 2.24) is 5.32 Å². The van der Waals surface area contributed by atoms with E-state index >= 15 is 0 Å². The van der Waals surface area contributed by atoms with Gasteiger partial charge in [-0.05, 0) is 30.7 Å². The molecule has 0 bridgehead atoms. The molecular formula is C17H19NO3. The highest BCUT2D eigenvalue weighted by Crippen LogP contribution is 2.19. The van der Waals surface area contributed by atoms with Crippen LogP contribution < -0.4 is 5.32 Å². The number of ether oxygens (including phenoxy) is 1. The van der Waals surface area contributed by atoms with Crippen molar-refractivity contribution < 1.29 is 13.9 Å². The molecule has 0 saturated heterocycles. The minimum atomic E-state index is -0.151. The maximum absolute atomic E-state index is 12.5. The average molecular weight is 285 g/mol. The number of rotatable bonds is 6. The fraction of sp³-hybridized carbons (Fsp3) is 0.235. The lowest BCUT2D eigenvalue weighted by molar-refractivity contribution is -0.116. The van der Waals surface area contributed by atoms with Gasteiger partial charge in [-0.3, -0.25) is 4.79 Å². The molecule has 2 aromatic rings. The number of hydrogen-bond donors (Lipinski definition) is 1. The summed E-state index contributed by atoms with van der Waals surface area (Å²) in [4.78, 5) is 12.5. The van der Waals surface area contributed by atoms with Crippen molar-refractivity contribution in [3.63, 3.8) is 0 Å². The van der Waals surface area contributed by atoms with E-state index in [0.29, 0.717) is 17.9 Å². The normalized spacial score (nSPS) is 13.0. The Morgan fingerprint density at radius 2 is 2.05 bits per heavy atom. The molecule has 4 nitrogen and oxygen atoms in total. The van der Waals surface area contributed by atoms with E-state index < -0.39 is 0 Å². The van der Waals surface area contributed by atoms with E-state index in [9.17, 15) is 4.79 Å². The first-order valence-corrected chi connectivity index (χ1v) is 6.81. The molecule has 0 radical (unpaired) electrons. The molecule has 0 spiro atoms. The molecule has 1 heterocycles. The Balaban J connectivity index is 2.26. The van der Waals surface area contributed by atoms with Crippen LogP contribution in [0.2, 0.25) is 0 Å². The molecule has 0 fully saturated rings. The van der Waals surface area contributed by atoms with Crippen LogP contribution in [0.5, 0.6) is 0 Å². The van der Waals surface area contributed by atoms with Crippen molar-refractivity contribution in [1.29, 1.82) is 0 Å². The molecule has 0 aliphatic carbocycles. The van der Waals surface area contributed by atoms with Crippen LogP contribution in [0.25, 0.3) is 11.6 Å². The van der Waals surface area contributed by atoms with Crippen LogP contribution in [0.3, 0.4) is 0 Å². The summed E-state index contributed by atoms with van der Waals surface area (Å²) < 4.78 is 10.4. The predicted octanol–water partition coefficient (Wildman–Crippen LogP) is 2.97. The molecule has 2 rings (SSSR count). The van der Waals surface area contributed by atoms with Crippen LogP contribution in [0.4, 0.5) is 0 Å². The van der Waals surface area contributed by atoms with Gasteiger partial charge in [0.25, 0.3) is 5.91 Å². The van der Waals surface area contributed by atoms with Crippen LogP contribution in [0, 0.1) is 0 Å². The molecule has 4 heteroatoms. The van der Waals surface area contributed by atoms with Gasteiger partial charge in [-0.1, -0.05) is 30.3 Å². The minimum Gasteiger partial charge on any atom is -0.465 e. The molecular weight excluding hydrogens is 266 g/mol. The third kappa shape index (κ3) is 4.33. The Morgan fingerprint density at radius 1 is 1.29 bits per heavy atom. The second-order valence-corrected chi connectivity index (χ2v) is 4.77. The molecule has 0 saturated carbocycles. The van der Waals surface area contributed by atoms with Crippen molar-refractivity contribution in [2.24, 2.45) is 0 Å². The molecule has 21 heavy (non-hydrogen) atoms. The SMILES string of the molecule is COC[C@H](C)NC(=O)/C(=C/c1ccco1)c1ccccc1. The van der Waals surface area contributed by atoms with Gasteiger partial charge in [0.05, 0.1) is 18.4 Å². The first-order chi connectivity index (χ1) is 10.2. The third-order valence-corrected chi connectivity index (χ3v) is 2.95. The van der Waals surface area contributed by atoms with E-state index in [1.165, 1.54) is 0 Å². The number of methoxy groups -OCH3 is 1. The highest BCUT2D eigenvalue weighted by molar-refractivity contribution is 6.24. The van der Waals surface area contributed by atoms with Gasteiger partial charge >= 0.3 is 0 Å². The zero-order valence-corrected chi connectivity index (χ0v) is 12.2. The van der Waals surface area contributed by atoms with Crippen molar-refractivity contribution in [3.05, 3.63) is 60.1 Å². The Bertz CT molecular complexity index is 588. The zero-order chi connectivity index (χ0) is 15.1. The molecule has 0 unspecified atom stereocenters. The Hall–Kier alpha value is -2.33. The van der Waals surface area contributed by atoms with Crippen molar-refractivity contribution in [2.45, 2.75) is 13.0 Å². The largest absolute Gasteiger partial charge is 0.465 e. The topological polar surface area (TPSA) is 51.5 Å². The minimum absolute atomic E-state index is 0.0637. The number of furan rings is 1. The lowest BCUT2D eigenvalue weighted by atomic mass is 10.0. The lowest BCUT2D eigenvalue weighted by Crippen LogP contribution is -2.36. The van der Waals surface area contributed by atoms with E-state index in [1.54, 1.807) is 25.5 Å². The van der Waals surface area contributed by atoms with E-state index in [0.717, 1.165) is 5.56 Å². The van der Waals surface area contributed by atoms with Gasteiger partial charge < -0.3 is 14.5 Å². The van der Waals surface area contributed by atoms with Gasteiger partial charge in [0.15, 0.2) is 0 Å². The lowest BCUT2D eigenvalue weighted by Gasteiger charge is -2.14. The molecule has 110 valence electrons. The standard InChI is InChI=1S/C17H19NO3/c1-13(12-20-2)18-17(19)16(11-15-9-6-10-21-15)14-7-4-3-5-8-14/h3-11,13H,12H2,1-2H3,(H,18,19)/b16-11+/t13-/m0/s1. The number of nitrogens with one attached hydrogen (secondary N) is 1. The summed E-state index contributed by atoms with van der Waals surface area (Å²) in [6.45, 7) is 2.37. The zero-order valence-electron chi connectivity index (χ0n) is 12.2. The summed E-state index contributed by atoms with van der Waals surface area (Å²) in [5.74, 6) is 0.491. The maximum Gasteiger partial charge on any atom is 0.252 e. The molecule has 1 N–H and O–H groups in total. The fourth-order valence-corrected chi connectivity index (χ4v) is 2.01. The fourth-order valence-electron chi connectivity index (χ4n) is 2.01. The van der Waals surface area contributed by atoms with Gasteiger partial charge in [0.1, 0.15) is 5.76 Å². The van der Waals surface area contributed by atoms with Crippen molar-refractivity contribution in [2.75, 3.05) is 13.7 Å². The van der Waals surface area contributed by atoms with Gasteiger partial charge in [-0.25, -0.2) is 0 Å². The number of carbonyl (C=O) groups is 1. The van der Waals surface area contributed by atoms with E-state index in [-0.39, 0.29) is 11.9 Å². The first kappa shape index (κ1) is 15.1. The van der Waals surface area contributed by atoms with E-state index in [2.05, 4.69) is 5.32 Å². The van der Waals surface area contributed by atoms with Crippen molar-refractivity contribution >= 4 is 17.6 Å². The summed E-state index contributed by atoms with van der Waals surface area (Å²) in [6, 6.07) is 13.1. The summed E-state index contributed by atoms with van der Waals surface area (Å²) in [7, 11) is 1.61. The Morgan fingerprint density at radius 3 is 2.67 bits per heavy atom. The molecule has 1 aromatic heterocycles. The molecule has 1 aromatic carbocycles. The monoisotopic (exact) mass is 285 g/mol. The van der Waals surface area contributed by atoms with Crippen LogP contribution in [-0.2, 0) is 9.53 Å². The summed E-state index contributed by atoms with van der Waals surface area (Å²) in [5.41, 5.74) is 1.41.